The molecule has 0 radical (unpaired) electrons. The summed E-state index contributed by atoms with van der Waals surface area (Å²) >= 11 is 0. The molecule has 0 aliphatic rings. The van der Waals surface area contributed by atoms with E-state index >= 15 is 0 Å². The zero-order valence-corrected chi connectivity index (χ0v) is 10.9. The second kappa shape index (κ2) is 5.34. The van der Waals surface area contributed by atoms with E-state index in [4.69, 9.17) is 4.74 Å². The molecule has 1 atom stereocenters. The predicted octanol–water partition coefficient (Wildman–Crippen LogP) is 2.38. The quantitative estimate of drug-likeness (QED) is 0.836. The van der Waals surface area contributed by atoms with Crippen molar-refractivity contribution in [3.05, 3.63) is 12.4 Å². The van der Waals surface area contributed by atoms with Crippen LogP contribution in [0, 0.1) is 5.41 Å². The number of rotatable bonds is 5. The Morgan fingerprint density at radius 3 is 2.75 bits per heavy atom. The number of nitrogens with one attached hydrogen (secondary N) is 1. The molecule has 0 bridgehead atoms. The topological polar surface area (TPSA) is 39.1 Å². The summed E-state index contributed by atoms with van der Waals surface area (Å²) in [6, 6.07) is 0.371. The Bertz CT molecular complexity index is 314. The van der Waals surface area contributed by atoms with Gasteiger partial charge in [-0.15, -0.1) is 0 Å². The first-order valence-electron chi connectivity index (χ1n) is 5.71. The van der Waals surface area contributed by atoms with E-state index in [9.17, 15) is 0 Å². The molecule has 0 saturated carbocycles. The Kier molecular flexibility index (Phi) is 4.35. The molecule has 1 unspecified atom stereocenters. The van der Waals surface area contributed by atoms with Crippen molar-refractivity contribution >= 4 is 5.95 Å². The molecule has 1 aromatic rings. The van der Waals surface area contributed by atoms with Crippen molar-refractivity contribution in [1.29, 1.82) is 0 Å². The summed E-state index contributed by atoms with van der Waals surface area (Å²) in [5.41, 5.74) is 0.220. The number of ether oxygens (including phenoxy) is 1. The third-order valence-corrected chi connectivity index (χ3v) is 2.90. The van der Waals surface area contributed by atoms with Gasteiger partial charge in [-0.05, 0) is 12.3 Å². The van der Waals surface area contributed by atoms with Crippen LogP contribution in [0.5, 0.6) is 0 Å². The number of hydrogen-bond donors (Lipinski definition) is 1. The van der Waals surface area contributed by atoms with Crippen molar-refractivity contribution in [2.45, 2.75) is 40.3 Å². The van der Waals surface area contributed by atoms with Crippen molar-refractivity contribution in [1.82, 2.24) is 9.55 Å². The molecule has 0 fully saturated rings. The Balaban J connectivity index is 2.63. The molecule has 0 aromatic carbocycles. The van der Waals surface area contributed by atoms with Crippen LogP contribution in [0.15, 0.2) is 12.4 Å². The Morgan fingerprint density at radius 1 is 1.50 bits per heavy atom. The number of methoxy groups -OCH3 is 1. The van der Waals surface area contributed by atoms with Gasteiger partial charge in [0.05, 0.1) is 6.61 Å². The number of nitrogens with zero attached hydrogens (tertiary/aromatic N) is 2. The Labute approximate surface area is 98.0 Å². The normalized spacial score (nSPS) is 13.8. The highest BCUT2D eigenvalue weighted by molar-refractivity contribution is 5.28. The summed E-state index contributed by atoms with van der Waals surface area (Å²) in [6.07, 6.45) is 3.78. The van der Waals surface area contributed by atoms with Crippen molar-refractivity contribution in [2.75, 3.05) is 19.0 Å². The largest absolute Gasteiger partial charge is 0.383 e. The summed E-state index contributed by atoms with van der Waals surface area (Å²) < 4.78 is 7.14. The van der Waals surface area contributed by atoms with E-state index < -0.39 is 0 Å². The molecule has 16 heavy (non-hydrogen) atoms. The molecule has 1 rings (SSSR count). The molecule has 0 aliphatic carbocycles. The van der Waals surface area contributed by atoms with Gasteiger partial charge >= 0.3 is 0 Å². The third-order valence-electron chi connectivity index (χ3n) is 2.90. The molecule has 0 amide bonds. The summed E-state index contributed by atoms with van der Waals surface area (Å²) in [7, 11) is 1.71. The lowest BCUT2D eigenvalue weighted by Gasteiger charge is -2.28. The average Bonchev–Trinajstić information content (AvgIpc) is 2.61. The number of aromatic nitrogens is 2. The molecule has 92 valence electrons. The fraction of sp³-hybridized carbons (Fsp3) is 0.750. The molecule has 0 saturated heterocycles. The van der Waals surface area contributed by atoms with Crippen LogP contribution in [-0.4, -0.2) is 29.3 Å². The van der Waals surface area contributed by atoms with Gasteiger partial charge < -0.3 is 14.6 Å². The van der Waals surface area contributed by atoms with Crippen LogP contribution < -0.4 is 5.32 Å². The monoisotopic (exact) mass is 225 g/mol. The summed E-state index contributed by atoms with van der Waals surface area (Å²) in [6.45, 7) is 10.4. The van der Waals surface area contributed by atoms with Gasteiger partial charge in [0, 0.05) is 32.1 Å². The first kappa shape index (κ1) is 13.0. The van der Waals surface area contributed by atoms with E-state index in [2.05, 4.69) is 42.6 Å². The Hall–Kier alpha value is -1.03. The molecule has 0 aliphatic heterocycles. The minimum Gasteiger partial charge on any atom is -0.383 e. The van der Waals surface area contributed by atoms with Gasteiger partial charge in [-0.3, -0.25) is 0 Å². The number of anilines is 1. The van der Waals surface area contributed by atoms with Gasteiger partial charge in [-0.25, -0.2) is 4.98 Å². The van der Waals surface area contributed by atoms with E-state index in [1.165, 1.54) is 0 Å². The predicted molar refractivity (Wildman–Crippen MR) is 66.6 cm³/mol. The average molecular weight is 225 g/mol. The minimum atomic E-state index is 0.220. The summed E-state index contributed by atoms with van der Waals surface area (Å²) in [5, 5.41) is 3.44. The van der Waals surface area contributed by atoms with Gasteiger partial charge in [0.2, 0.25) is 5.95 Å². The van der Waals surface area contributed by atoms with Crippen LogP contribution in [0.2, 0.25) is 0 Å². The molecule has 1 N–H and O–H groups in total. The molecule has 4 nitrogen and oxygen atoms in total. The van der Waals surface area contributed by atoms with Gasteiger partial charge in [0.25, 0.3) is 0 Å². The summed E-state index contributed by atoms with van der Waals surface area (Å²) in [5.74, 6) is 0.916. The first-order valence-corrected chi connectivity index (χ1v) is 5.71. The standard InChI is InChI=1S/C12H23N3O/c1-10(12(2,3)4)14-11-13-6-7-15(11)8-9-16-5/h6-7,10H,8-9H2,1-5H3,(H,13,14). The van der Waals surface area contributed by atoms with Gasteiger partial charge in [-0.2, -0.15) is 0 Å². The lowest BCUT2D eigenvalue weighted by Crippen LogP contribution is -2.32. The molecular weight excluding hydrogens is 202 g/mol. The highest BCUT2D eigenvalue weighted by Gasteiger charge is 2.20. The van der Waals surface area contributed by atoms with Crippen LogP contribution in [0.25, 0.3) is 0 Å². The lowest BCUT2D eigenvalue weighted by atomic mass is 9.88. The summed E-state index contributed by atoms with van der Waals surface area (Å²) in [4.78, 5) is 4.32. The van der Waals surface area contributed by atoms with E-state index in [0.717, 1.165) is 12.5 Å². The third kappa shape index (κ3) is 3.52. The van der Waals surface area contributed by atoms with Gasteiger partial charge in [0.1, 0.15) is 0 Å². The smallest absolute Gasteiger partial charge is 0.203 e. The van der Waals surface area contributed by atoms with E-state index in [1.807, 2.05) is 12.4 Å². The fourth-order valence-electron chi connectivity index (χ4n) is 1.23. The van der Waals surface area contributed by atoms with E-state index in [-0.39, 0.29) is 5.41 Å². The lowest BCUT2D eigenvalue weighted by molar-refractivity contribution is 0.187. The van der Waals surface area contributed by atoms with Gasteiger partial charge in [0.15, 0.2) is 0 Å². The molecule has 0 spiro atoms. The zero-order chi connectivity index (χ0) is 12.2. The van der Waals surface area contributed by atoms with Crippen LogP contribution in [0.4, 0.5) is 5.95 Å². The SMILES string of the molecule is COCCn1ccnc1NC(C)C(C)(C)C. The van der Waals surface area contributed by atoms with Crippen LogP contribution in [0.1, 0.15) is 27.7 Å². The second-order valence-electron chi connectivity index (χ2n) is 5.17. The van der Waals surface area contributed by atoms with Gasteiger partial charge in [-0.1, -0.05) is 20.8 Å². The number of imidazole rings is 1. The molecule has 1 heterocycles. The van der Waals surface area contributed by atoms with Crippen LogP contribution >= 0.6 is 0 Å². The van der Waals surface area contributed by atoms with Crippen LogP contribution in [-0.2, 0) is 11.3 Å². The first-order chi connectivity index (χ1) is 7.45. The van der Waals surface area contributed by atoms with E-state index in [0.29, 0.717) is 12.6 Å². The maximum Gasteiger partial charge on any atom is 0.203 e. The number of hydrogen-bond acceptors (Lipinski definition) is 3. The molecule has 1 aromatic heterocycles. The maximum absolute atomic E-state index is 5.07. The minimum absolute atomic E-state index is 0.220. The van der Waals surface area contributed by atoms with Crippen LogP contribution in [0.3, 0.4) is 0 Å². The van der Waals surface area contributed by atoms with Crippen molar-refractivity contribution in [3.63, 3.8) is 0 Å². The molecular formula is C12H23N3O. The maximum atomic E-state index is 5.07. The molecule has 4 heteroatoms. The highest BCUT2D eigenvalue weighted by atomic mass is 16.5. The van der Waals surface area contributed by atoms with E-state index in [1.54, 1.807) is 7.11 Å². The Morgan fingerprint density at radius 2 is 2.19 bits per heavy atom. The van der Waals surface area contributed by atoms with Crippen molar-refractivity contribution < 1.29 is 4.74 Å². The highest BCUT2D eigenvalue weighted by Crippen LogP contribution is 2.21. The van der Waals surface area contributed by atoms with Crippen molar-refractivity contribution in [3.8, 4) is 0 Å². The fourth-order valence-corrected chi connectivity index (χ4v) is 1.23. The zero-order valence-electron chi connectivity index (χ0n) is 10.9. The second-order valence-corrected chi connectivity index (χ2v) is 5.17. The van der Waals surface area contributed by atoms with Crippen molar-refractivity contribution in [2.24, 2.45) is 5.41 Å².